The van der Waals surface area contributed by atoms with E-state index in [0.717, 1.165) is 11.1 Å². The van der Waals surface area contributed by atoms with E-state index in [-0.39, 0.29) is 0 Å². The van der Waals surface area contributed by atoms with E-state index in [2.05, 4.69) is 26.5 Å². The monoisotopic (exact) mass is 339 g/mol. The van der Waals surface area contributed by atoms with Crippen LogP contribution >= 0.6 is 11.6 Å². The summed E-state index contributed by atoms with van der Waals surface area (Å²) in [4.78, 5) is 8.59. The Morgan fingerprint density at radius 2 is 1.96 bits per heavy atom. The highest BCUT2D eigenvalue weighted by atomic mass is 35.5. The lowest BCUT2D eigenvalue weighted by atomic mass is 10.2. The van der Waals surface area contributed by atoms with E-state index in [1.807, 2.05) is 31.2 Å². The molecule has 0 unspecified atom stereocenters. The highest BCUT2D eigenvalue weighted by Gasteiger charge is 2.08. The van der Waals surface area contributed by atoms with Crippen LogP contribution in [0.15, 0.2) is 40.9 Å². The number of pyridine rings is 1. The van der Waals surface area contributed by atoms with Crippen molar-refractivity contribution < 1.29 is 4.52 Å². The highest BCUT2D eigenvalue weighted by Crippen LogP contribution is 2.18. The van der Waals surface area contributed by atoms with Crippen molar-refractivity contribution >= 4 is 17.4 Å². The Morgan fingerprint density at radius 1 is 1.17 bits per heavy atom. The van der Waals surface area contributed by atoms with Gasteiger partial charge in [0.25, 0.3) is 0 Å². The molecule has 0 atom stereocenters. The van der Waals surface area contributed by atoms with Crippen molar-refractivity contribution in [3.63, 3.8) is 0 Å². The first-order valence-electron chi connectivity index (χ1n) is 7.36. The molecule has 0 aliphatic rings. The van der Waals surface area contributed by atoms with Crippen LogP contribution in [0, 0.1) is 18.3 Å². The van der Waals surface area contributed by atoms with Gasteiger partial charge < -0.3 is 9.84 Å². The minimum atomic E-state index is 0.419. The van der Waals surface area contributed by atoms with Gasteiger partial charge in [0, 0.05) is 23.6 Å². The molecule has 6 nitrogen and oxygen atoms in total. The van der Waals surface area contributed by atoms with Crippen LogP contribution < -0.4 is 5.32 Å². The molecule has 0 saturated carbocycles. The SMILES string of the molecule is Cc1ccc(NCCc2nc(-c3ccc(Cl)cc3)no2)nc1C#N. The molecule has 0 aliphatic carbocycles. The average molecular weight is 340 g/mol. The Morgan fingerprint density at radius 3 is 2.71 bits per heavy atom. The maximum atomic E-state index is 8.99. The minimum absolute atomic E-state index is 0.419. The van der Waals surface area contributed by atoms with E-state index in [0.29, 0.717) is 41.2 Å². The first kappa shape index (κ1) is 16.0. The lowest BCUT2D eigenvalue weighted by Gasteiger charge is -2.04. The van der Waals surface area contributed by atoms with Gasteiger partial charge in [-0.15, -0.1) is 0 Å². The first-order valence-corrected chi connectivity index (χ1v) is 7.73. The van der Waals surface area contributed by atoms with Crippen molar-refractivity contribution in [3.8, 4) is 17.5 Å². The number of anilines is 1. The molecule has 3 aromatic rings. The average Bonchev–Trinajstić information content (AvgIpc) is 3.06. The lowest BCUT2D eigenvalue weighted by Crippen LogP contribution is -2.07. The minimum Gasteiger partial charge on any atom is -0.370 e. The maximum absolute atomic E-state index is 8.99. The lowest BCUT2D eigenvalue weighted by molar-refractivity contribution is 0.381. The molecule has 120 valence electrons. The van der Waals surface area contributed by atoms with E-state index in [4.69, 9.17) is 21.4 Å². The van der Waals surface area contributed by atoms with Crippen LogP contribution in [0.5, 0.6) is 0 Å². The van der Waals surface area contributed by atoms with Crippen molar-refractivity contribution in [1.82, 2.24) is 15.1 Å². The standard InChI is InChI=1S/C17H14ClN5O/c1-11-2-7-15(21-14(11)10-19)20-9-8-16-22-17(23-24-16)12-3-5-13(18)6-4-12/h2-7H,8-9H2,1H3,(H,20,21). The van der Waals surface area contributed by atoms with Gasteiger partial charge in [-0.25, -0.2) is 4.98 Å². The topological polar surface area (TPSA) is 87.6 Å². The molecule has 0 amide bonds. The van der Waals surface area contributed by atoms with Gasteiger partial charge in [-0.3, -0.25) is 0 Å². The van der Waals surface area contributed by atoms with Crippen molar-refractivity contribution in [2.45, 2.75) is 13.3 Å². The molecular formula is C17H14ClN5O. The molecule has 0 spiro atoms. The third-order valence-electron chi connectivity index (χ3n) is 3.42. The molecule has 0 fully saturated rings. The zero-order chi connectivity index (χ0) is 16.9. The first-order chi connectivity index (χ1) is 11.7. The van der Waals surface area contributed by atoms with E-state index >= 15 is 0 Å². The van der Waals surface area contributed by atoms with Crippen molar-refractivity contribution in [2.75, 3.05) is 11.9 Å². The number of nitriles is 1. The molecule has 1 aromatic carbocycles. The Labute approximate surface area is 144 Å². The van der Waals surface area contributed by atoms with Gasteiger partial charge in [-0.05, 0) is 42.8 Å². The maximum Gasteiger partial charge on any atom is 0.228 e. The van der Waals surface area contributed by atoms with Crippen LogP contribution in [0.25, 0.3) is 11.4 Å². The van der Waals surface area contributed by atoms with Gasteiger partial charge in [0.05, 0.1) is 0 Å². The summed E-state index contributed by atoms with van der Waals surface area (Å²) in [5, 5.41) is 16.8. The molecule has 3 rings (SSSR count). The summed E-state index contributed by atoms with van der Waals surface area (Å²) in [5.74, 6) is 1.71. The highest BCUT2D eigenvalue weighted by molar-refractivity contribution is 6.30. The molecule has 0 radical (unpaired) electrons. The molecule has 0 saturated heterocycles. The predicted octanol–water partition coefficient (Wildman–Crippen LogP) is 3.62. The van der Waals surface area contributed by atoms with Crippen LogP contribution in [-0.2, 0) is 6.42 Å². The molecule has 0 bridgehead atoms. The Kier molecular flexibility index (Phi) is 4.73. The summed E-state index contributed by atoms with van der Waals surface area (Å²) in [6, 6.07) is 13.0. The van der Waals surface area contributed by atoms with Crippen LogP contribution in [0.1, 0.15) is 17.1 Å². The number of benzene rings is 1. The summed E-state index contributed by atoms with van der Waals surface area (Å²) in [6.45, 7) is 2.43. The third-order valence-corrected chi connectivity index (χ3v) is 3.67. The Bertz CT molecular complexity index is 883. The molecular weight excluding hydrogens is 326 g/mol. The van der Waals surface area contributed by atoms with Crippen LogP contribution in [-0.4, -0.2) is 21.7 Å². The van der Waals surface area contributed by atoms with E-state index in [1.54, 1.807) is 12.1 Å². The fourth-order valence-electron chi connectivity index (χ4n) is 2.11. The zero-order valence-electron chi connectivity index (χ0n) is 13.0. The van der Waals surface area contributed by atoms with E-state index in [1.165, 1.54) is 0 Å². The number of rotatable bonds is 5. The summed E-state index contributed by atoms with van der Waals surface area (Å²) in [7, 11) is 0. The Hall–Kier alpha value is -2.91. The van der Waals surface area contributed by atoms with Gasteiger partial charge in [0.15, 0.2) is 0 Å². The van der Waals surface area contributed by atoms with Crippen molar-refractivity contribution in [2.24, 2.45) is 0 Å². The summed E-state index contributed by atoms with van der Waals surface area (Å²) in [6.07, 6.45) is 0.554. The van der Waals surface area contributed by atoms with Gasteiger partial charge in [-0.1, -0.05) is 22.8 Å². The quantitative estimate of drug-likeness (QED) is 0.763. The van der Waals surface area contributed by atoms with Crippen LogP contribution in [0.2, 0.25) is 5.02 Å². The van der Waals surface area contributed by atoms with Crippen molar-refractivity contribution in [1.29, 1.82) is 5.26 Å². The van der Waals surface area contributed by atoms with Crippen LogP contribution in [0.3, 0.4) is 0 Å². The van der Waals surface area contributed by atoms with Gasteiger partial charge in [-0.2, -0.15) is 10.2 Å². The largest absolute Gasteiger partial charge is 0.370 e. The molecule has 2 heterocycles. The number of halogens is 1. The van der Waals surface area contributed by atoms with E-state index < -0.39 is 0 Å². The van der Waals surface area contributed by atoms with Crippen molar-refractivity contribution in [3.05, 3.63) is 58.6 Å². The number of nitrogens with zero attached hydrogens (tertiary/aromatic N) is 4. The molecule has 0 aliphatic heterocycles. The number of aryl methyl sites for hydroxylation is 1. The number of hydrogen-bond donors (Lipinski definition) is 1. The number of aromatic nitrogens is 3. The smallest absolute Gasteiger partial charge is 0.228 e. The molecule has 7 heteroatoms. The Balaban J connectivity index is 1.60. The second-order valence-electron chi connectivity index (χ2n) is 5.17. The van der Waals surface area contributed by atoms with Gasteiger partial charge >= 0.3 is 0 Å². The predicted molar refractivity (Wildman–Crippen MR) is 90.6 cm³/mol. The fraction of sp³-hybridized carbons (Fsp3) is 0.176. The number of nitrogens with one attached hydrogen (secondary N) is 1. The summed E-state index contributed by atoms with van der Waals surface area (Å²) >= 11 is 5.86. The number of hydrogen-bond acceptors (Lipinski definition) is 6. The van der Waals surface area contributed by atoms with Gasteiger partial charge in [0.2, 0.25) is 11.7 Å². The zero-order valence-corrected chi connectivity index (χ0v) is 13.7. The second-order valence-corrected chi connectivity index (χ2v) is 5.61. The molecule has 2 aromatic heterocycles. The second kappa shape index (κ2) is 7.11. The van der Waals surface area contributed by atoms with Gasteiger partial charge in [0.1, 0.15) is 17.6 Å². The van der Waals surface area contributed by atoms with Crippen LogP contribution in [0.4, 0.5) is 5.82 Å². The molecule has 1 N–H and O–H groups in total. The van der Waals surface area contributed by atoms with E-state index in [9.17, 15) is 0 Å². The fourth-order valence-corrected chi connectivity index (χ4v) is 2.24. The normalized spacial score (nSPS) is 10.4. The molecule has 24 heavy (non-hydrogen) atoms. The summed E-state index contributed by atoms with van der Waals surface area (Å²) < 4.78 is 5.24. The summed E-state index contributed by atoms with van der Waals surface area (Å²) in [5.41, 5.74) is 2.12. The third kappa shape index (κ3) is 3.70.